The predicted molar refractivity (Wildman–Crippen MR) is 457 cm³/mol. The van der Waals surface area contributed by atoms with Crippen molar-refractivity contribution in [3.8, 4) is 68.0 Å². The second-order valence-electron chi connectivity index (χ2n) is 32.8. The summed E-state index contributed by atoms with van der Waals surface area (Å²) in [4.78, 5) is 62.2. The number of anilines is 1. The van der Waals surface area contributed by atoms with Crippen LogP contribution in [0.2, 0.25) is 0 Å². The topological polar surface area (TPSA) is 392 Å². The van der Waals surface area contributed by atoms with Gasteiger partial charge < -0.3 is 91.4 Å². The van der Waals surface area contributed by atoms with Gasteiger partial charge >= 0.3 is 0 Å². The number of carbonyl (C=O) groups excluding carboxylic acids is 1. The van der Waals surface area contributed by atoms with Crippen LogP contribution in [-0.2, 0) is 83.3 Å². The average Bonchev–Trinajstić information content (AvgIpc) is 0.768. The van der Waals surface area contributed by atoms with Crippen LogP contribution in [0.5, 0.6) is 23.5 Å². The SMILES string of the molecule is Cc1ccc(N)cc1-c1cc(OCCOC2CCCCO2)nc(C2(C(F)F)COC2)c1.Cc1ccc([N+](=O)[O-])cc1-c1cc(OCCOC2CCCCO2)nc(C2(C(F)F)COC2)c1.Cc1ccc([N+](=O)[O-])cc1-c1cc(OCCOC2CCCCO2)nc(C2(C=O)COC2)c1.Cc1ccc([N+](=O)[O-])cc1-c1cc(OCCOC2CCCCO2)nc(C2(CO)COC2)c1. The number of aryl methyl sites for hydroxylation is 4. The molecule has 0 saturated carbocycles. The second kappa shape index (κ2) is 44.7. The number of aliphatic hydroxyl groups excluding tert-OH is 1. The molecule has 8 saturated heterocycles. The first-order valence-corrected chi connectivity index (χ1v) is 43.0. The van der Waals surface area contributed by atoms with E-state index in [2.05, 4.69) is 19.9 Å². The summed E-state index contributed by atoms with van der Waals surface area (Å²) in [7, 11) is 0. The highest BCUT2D eigenvalue weighted by atomic mass is 19.3. The van der Waals surface area contributed by atoms with Gasteiger partial charge in [0.15, 0.2) is 25.2 Å². The van der Waals surface area contributed by atoms with Crippen molar-refractivity contribution in [1.82, 2.24) is 19.9 Å². The largest absolute Gasteiger partial charge is 0.475 e. The van der Waals surface area contributed by atoms with Crippen molar-refractivity contribution in [1.29, 1.82) is 0 Å². The lowest BCUT2D eigenvalue weighted by Crippen LogP contribution is -2.53. The fraction of sp³-hybridized carbons (Fsp3) is 0.511. The fourth-order valence-corrected chi connectivity index (χ4v) is 15.4. The van der Waals surface area contributed by atoms with Crippen LogP contribution in [-0.4, -0.2) is 223 Å². The molecule has 32 nitrogen and oxygen atoms in total. The summed E-state index contributed by atoms with van der Waals surface area (Å²) < 4.78 is 145. The van der Waals surface area contributed by atoms with Gasteiger partial charge in [0.25, 0.3) is 29.9 Å². The number of alkyl halides is 4. The molecular formula is C92H108F4N8O24. The van der Waals surface area contributed by atoms with E-state index in [9.17, 15) is 57.8 Å². The first kappa shape index (κ1) is 95.1. The molecule has 8 aliphatic heterocycles. The van der Waals surface area contributed by atoms with Crippen molar-refractivity contribution >= 4 is 29.0 Å². The van der Waals surface area contributed by atoms with Gasteiger partial charge in [0.05, 0.1) is 129 Å². The summed E-state index contributed by atoms with van der Waals surface area (Å²) in [6.07, 6.45) is 6.59. The third kappa shape index (κ3) is 24.0. The number of nitro groups is 3. The van der Waals surface area contributed by atoms with Gasteiger partial charge in [-0.15, -0.1) is 0 Å². The van der Waals surface area contributed by atoms with Crippen LogP contribution >= 0.6 is 0 Å². The summed E-state index contributed by atoms with van der Waals surface area (Å²) in [5.41, 5.74) is 12.6. The first-order chi connectivity index (χ1) is 61.9. The van der Waals surface area contributed by atoms with Crippen LogP contribution in [0.4, 0.5) is 40.3 Å². The molecule has 4 atom stereocenters. The van der Waals surface area contributed by atoms with Gasteiger partial charge in [-0.3, -0.25) is 30.3 Å². The lowest BCUT2D eigenvalue weighted by atomic mass is 9.81. The molecule has 0 aliphatic carbocycles. The fourth-order valence-electron chi connectivity index (χ4n) is 15.4. The molecule has 0 amide bonds. The van der Waals surface area contributed by atoms with Crippen molar-refractivity contribution < 1.29 is 118 Å². The summed E-state index contributed by atoms with van der Waals surface area (Å²) in [5.74, 6) is 1.11. The van der Waals surface area contributed by atoms with E-state index in [1.807, 2.05) is 45.0 Å². The normalized spacial score (nSPS) is 20.0. The third-order valence-electron chi connectivity index (χ3n) is 23.5. The van der Waals surface area contributed by atoms with E-state index >= 15 is 0 Å². The zero-order chi connectivity index (χ0) is 90.4. The molecule has 0 radical (unpaired) electrons. The summed E-state index contributed by atoms with van der Waals surface area (Å²) in [6.45, 7) is 13.1. The Balaban J connectivity index is 0.000000146. The van der Waals surface area contributed by atoms with Gasteiger partial charge in [0, 0.05) is 92.8 Å². The molecule has 12 heterocycles. The number of hydrogen-bond acceptors (Lipinski definition) is 29. The van der Waals surface area contributed by atoms with Crippen molar-refractivity contribution in [3.63, 3.8) is 0 Å². The minimum absolute atomic E-state index is 0.00982. The Hall–Kier alpha value is -10.4. The molecule has 3 N–H and O–H groups in total. The summed E-state index contributed by atoms with van der Waals surface area (Å²) >= 11 is 0. The number of hydrogen-bond donors (Lipinski definition) is 2. The summed E-state index contributed by atoms with van der Waals surface area (Å²) in [6, 6.07) is 33.1. The Labute approximate surface area is 737 Å². The average molecular weight is 1790 g/mol. The molecule has 8 fully saturated rings. The number of benzene rings is 4. The highest BCUT2D eigenvalue weighted by Gasteiger charge is 2.52. The van der Waals surface area contributed by atoms with E-state index in [-0.39, 0.29) is 145 Å². The van der Waals surface area contributed by atoms with E-state index in [4.69, 9.17) is 81.5 Å². The molecule has 36 heteroatoms. The Bertz CT molecular complexity index is 5070. The highest BCUT2D eigenvalue weighted by Crippen LogP contribution is 2.45. The molecule has 0 spiro atoms. The maximum Gasteiger partial charge on any atom is 0.270 e. The monoisotopic (exact) mass is 1780 g/mol. The van der Waals surface area contributed by atoms with Crippen LogP contribution in [0.25, 0.3) is 44.5 Å². The molecule has 16 rings (SSSR count). The second-order valence-corrected chi connectivity index (χ2v) is 32.8. The van der Waals surface area contributed by atoms with Crippen LogP contribution in [0.1, 0.15) is 122 Å². The van der Waals surface area contributed by atoms with Crippen molar-refractivity contribution in [3.05, 3.63) is 197 Å². The number of rotatable bonds is 35. The zero-order valence-electron chi connectivity index (χ0n) is 72.0. The standard InChI is InChI=1S/C23H26F2N2O6.C23H28F2N2O4.C23H28N2O7.C23H26N2O7/c1-15-5-6-17(27(28)29)12-18(15)16-10-19(23(22(24)25)13-30-14-23)26-20(11-16)31-8-9-33-21-4-2-3-7-32-21;1-15-5-6-17(26)12-18(15)16-10-19(23(22(24)25)13-28-14-23)27-20(11-16)29-8-9-31-21-4-2-3-7-30-21;2*1-16-5-6-18(25(27)28)12-19(16)17-10-20(23(13-26)14-29-15-23)24-21(11-17)30-8-9-32-22-4-2-3-7-31-22/h5-6,10-12,21-22H,2-4,7-9,13-14H2,1H3;5-6,10-12,21-22H,2-4,7-9,13-14,26H2,1H3;5-6,10-12,22,26H,2-4,7-9,13-15H2,1H3;5-6,10-13,22H,2-4,7-9,14-15H2,1H3. The third-order valence-corrected chi connectivity index (χ3v) is 23.5. The van der Waals surface area contributed by atoms with E-state index in [1.165, 1.54) is 30.3 Å². The lowest BCUT2D eigenvalue weighted by Gasteiger charge is -2.40. The molecule has 688 valence electrons. The van der Waals surface area contributed by atoms with Crippen LogP contribution in [0.3, 0.4) is 0 Å². The number of aliphatic hydroxyl groups is 1. The zero-order valence-corrected chi connectivity index (χ0v) is 72.0. The van der Waals surface area contributed by atoms with E-state index in [0.29, 0.717) is 116 Å². The number of halogens is 4. The van der Waals surface area contributed by atoms with Crippen molar-refractivity contribution in [2.75, 3.05) is 144 Å². The smallest absolute Gasteiger partial charge is 0.270 e. The van der Waals surface area contributed by atoms with Gasteiger partial charge in [-0.1, -0.05) is 24.3 Å². The number of carbonyl (C=O) groups is 1. The number of aldehydes is 1. The molecule has 8 aromatic rings. The Morgan fingerprint density at radius 1 is 0.406 bits per heavy atom. The molecule has 8 aliphatic rings. The number of aromatic nitrogens is 4. The molecule has 4 aromatic heterocycles. The van der Waals surface area contributed by atoms with E-state index in [0.717, 1.165) is 122 Å². The molecular weight excluding hydrogens is 1680 g/mol. The maximum atomic E-state index is 14.0. The molecule has 4 unspecified atom stereocenters. The molecule has 4 aromatic carbocycles. The number of pyridine rings is 4. The van der Waals surface area contributed by atoms with E-state index in [1.54, 1.807) is 73.7 Å². The highest BCUT2D eigenvalue weighted by molar-refractivity contribution is 5.77. The van der Waals surface area contributed by atoms with Gasteiger partial charge in [0.2, 0.25) is 23.5 Å². The summed E-state index contributed by atoms with van der Waals surface area (Å²) in [5, 5.41) is 43.8. The predicted octanol–water partition coefficient (Wildman–Crippen LogP) is 15.0. The number of non-ortho nitro benzene ring substituents is 3. The van der Waals surface area contributed by atoms with E-state index < -0.39 is 49.3 Å². The first-order valence-electron chi connectivity index (χ1n) is 43.0. The quantitative estimate of drug-likeness (QED) is 0.00930. The minimum Gasteiger partial charge on any atom is -0.475 e. The van der Waals surface area contributed by atoms with Gasteiger partial charge in [-0.05, 0) is 208 Å². The molecule has 0 bridgehead atoms. The van der Waals surface area contributed by atoms with Gasteiger partial charge in [-0.2, -0.15) is 0 Å². The van der Waals surface area contributed by atoms with Crippen molar-refractivity contribution in [2.45, 2.75) is 164 Å². The van der Waals surface area contributed by atoms with Crippen molar-refractivity contribution in [2.24, 2.45) is 0 Å². The number of nitrogens with two attached hydrogens (primary N) is 1. The van der Waals surface area contributed by atoms with Gasteiger partial charge in [0.1, 0.15) is 49.0 Å². The van der Waals surface area contributed by atoms with Crippen LogP contribution < -0.4 is 24.7 Å². The lowest BCUT2D eigenvalue weighted by molar-refractivity contribution is -0.385. The van der Waals surface area contributed by atoms with Crippen LogP contribution in [0, 0.1) is 58.0 Å². The maximum absolute atomic E-state index is 14.0. The number of nitrogens with zero attached hydrogens (tertiary/aromatic N) is 7. The number of ether oxygens (including phenoxy) is 16. The van der Waals surface area contributed by atoms with Crippen LogP contribution in [0.15, 0.2) is 121 Å². The molecule has 128 heavy (non-hydrogen) atoms. The minimum atomic E-state index is -2.68. The Morgan fingerprint density at radius 2 is 0.703 bits per heavy atom. The number of nitro benzene ring substituents is 3. The Morgan fingerprint density at radius 3 is 0.969 bits per heavy atom. The Kier molecular flexibility index (Phi) is 33.2. The number of nitrogen functional groups attached to an aromatic ring is 1. The van der Waals surface area contributed by atoms with Gasteiger partial charge in [-0.25, -0.2) is 37.5 Å².